The molecule has 4 rings (SSSR count). The molecule has 1 aliphatic rings. The van der Waals surface area contributed by atoms with Gasteiger partial charge in [-0.05, 0) is 50.1 Å². The number of likely N-dealkylation sites (tertiary alicyclic amines) is 1. The number of pyridine rings is 2. The predicted octanol–water partition coefficient (Wildman–Crippen LogP) is 3.57. The molecule has 134 valence electrons. The van der Waals surface area contributed by atoms with Gasteiger partial charge in [-0.3, -0.25) is 14.9 Å². The Morgan fingerprint density at radius 1 is 1.15 bits per heavy atom. The maximum absolute atomic E-state index is 4.98. The van der Waals surface area contributed by atoms with E-state index in [4.69, 9.17) is 4.98 Å². The van der Waals surface area contributed by atoms with Gasteiger partial charge in [-0.2, -0.15) is 0 Å². The first-order valence-electron chi connectivity index (χ1n) is 9.27. The topological polar surface area (TPSA) is 46.8 Å². The van der Waals surface area contributed by atoms with Crippen LogP contribution in [0.5, 0.6) is 0 Å². The molecule has 1 unspecified atom stereocenters. The third-order valence-electron chi connectivity index (χ3n) is 5.31. The van der Waals surface area contributed by atoms with Crippen LogP contribution in [0.1, 0.15) is 35.8 Å². The van der Waals surface area contributed by atoms with Crippen molar-refractivity contribution >= 4 is 0 Å². The van der Waals surface area contributed by atoms with Crippen LogP contribution >= 0.6 is 0 Å². The van der Waals surface area contributed by atoms with Gasteiger partial charge in [-0.15, -0.1) is 0 Å². The Bertz CT molecular complexity index is 871. The molecule has 1 aliphatic heterocycles. The second kappa shape index (κ2) is 7.38. The summed E-state index contributed by atoms with van der Waals surface area (Å²) in [6.07, 6.45) is 8.12. The first-order valence-corrected chi connectivity index (χ1v) is 9.27. The predicted molar refractivity (Wildman–Crippen MR) is 103 cm³/mol. The Kier molecular flexibility index (Phi) is 4.80. The number of rotatable bonds is 4. The first-order chi connectivity index (χ1) is 12.7. The van der Waals surface area contributed by atoms with Crippen LogP contribution in [0.4, 0.5) is 0 Å². The summed E-state index contributed by atoms with van der Waals surface area (Å²) in [5.74, 6) is 1.49. The molecule has 3 aromatic rings. The summed E-state index contributed by atoms with van der Waals surface area (Å²) in [7, 11) is 2.04. The number of aryl methyl sites for hydroxylation is 1. The van der Waals surface area contributed by atoms with Gasteiger partial charge in [0.25, 0.3) is 0 Å². The van der Waals surface area contributed by atoms with Crippen molar-refractivity contribution in [3.05, 3.63) is 66.0 Å². The molecule has 0 spiro atoms. The molecule has 0 aromatic carbocycles. The molecule has 5 heteroatoms. The molecule has 0 radical (unpaired) electrons. The van der Waals surface area contributed by atoms with Crippen LogP contribution in [0.2, 0.25) is 0 Å². The lowest BCUT2D eigenvalue weighted by molar-refractivity contribution is 0.198. The normalized spacial score (nSPS) is 18.2. The Morgan fingerprint density at radius 2 is 2.08 bits per heavy atom. The average Bonchev–Trinajstić information content (AvgIpc) is 3.02. The third-order valence-corrected chi connectivity index (χ3v) is 5.31. The number of hydrogen-bond donors (Lipinski definition) is 0. The molecule has 1 saturated heterocycles. The van der Waals surface area contributed by atoms with Crippen molar-refractivity contribution in [1.29, 1.82) is 0 Å². The number of piperidine rings is 1. The Balaban J connectivity index is 1.52. The summed E-state index contributed by atoms with van der Waals surface area (Å²) in [5.41, 5.74) is 4.56. The van der Waals surface area contributed by atoms with Gasteiger partial charge >= 0.3 is 0 Å². The number of aromatic nitrogens is 4. The minimum Gasteiger partial charge on any atom is -0.330 e. The lowest BCUT2D eigenvalue weighted by atomic mass is 9.93. The molecule has 4 heterocycles. The maximum atomic E-state index is 4.98. The minimum atomic E-state index is 0.481. The fraction of sp³-hybridized carbons (Fsp3) is 0.381. The van der Waals surface area contributed by atoms with Crippen molar-refractivity contribution in [1.82, 2.24) is 24.4 Å². The molecule has 0 N–H and O–H groups in total. The zero-order chi connectivity index (χ0) is 17.9. The van der Waals surface area contributed by atoms with Crippen molar-refractivity contribution in [2.45, 2.75) is 32.2 Å². The first kappa shape index (κ1) is 16.9. The third kappa shape index (κ3) is 3.53. The van der Waals surface area contributed by atoms with Gasteiger partial charge in [0, 0.05) is 44.1 Å². The zero-order valence-corrected chi connectivity index (χ0v) is 15.5. The van der Waals surface area contributed by atoms with Crippen molar-refractivity contribution in [2.24, 2.45) is 7.05 Å². The number of imidazole rings is 1. The Labute approximate surface area is 154 Å². The van der Waals surface area contributed by atoms with Crippen LogP contribution < -0.4 is 0 Å². The van der Waals surface area contributed by atoms with E-state index in [9.17, 15) is 0 Å². The van der Waals surface area contributed by atoms with Gasteiger partial charge in [0.2, 0.25) is 0 Å². The highest BCUT2D eigenvalue weighted by Gasteiger charge is 2.23. The fourth-order valence-corrected chi connectivity index (χ4v) is 3.75. The molecule has 1 atom stereocenters. The highest BCUT2D eigenvalue weighted by Crippen LogP contribution is 2.28. The molecule has 26 heavy (non-hydrogen) atoms. The molecular weight excluding hydrogens is 322 g/mol. The molecule has 1 fully saturated rings. The quantitative estimate of drug-likeness (QED) is 0.724. The van der Waals surface area contributed by atoms with Crippen LogP contribution in [0.15, 0.2) is 48.9 Å². The molecule has 0 aliphatic carbocycles. The molecule has 0 saturated carbocycles. The van der Waals surface area contributed by atoms with Gasteiger partial charge in [0.15, 0.2) is 0 Å². The largest absolute Gasteiger partial charge is 0.330 e. The summed E-state index contributed by atoms with van der Waals surface area (Å²) < 4.78 is 2.10. The van der Waals surface area contributed by atoms with Gasteiger partial charge < -0.3 is 4.57 Å². The van der Waals surface area contributed by atoms with Crippen LogP contribution in [0.25, 0.3) is 11.4 Å². The molecular formula is C21H25N5. The van der Waals surface area contributed by atoms with E-state index < -0.39 is 0 Å². The fourth-order valence-electron chi connectivity index (χ4n) is 3.75. The van der Waals surface area contributed by atoms with Crippen LogP contribution in [0.3, 0.4) is 0 Å². The van der Waals surface area contributed by atoms with Crippen molar-refractivity contribution in [3.63, 3.8) is 0 Å². The number of nitrogens with zero attached hydrogens (tertiary/aromatic N) is 5. The molecule has 5 nitrogen and oxygen atoms in total. The summed E-state index contributed by atoms with van der Waals surface area (Å²) >= 11 is 0. The van der Waals surface area contributed by atoms with E-state index >= 15 is 0 Å². The average molecular weight is 347 g/mol. The van der Waals surface area contributed by atoms with Gasteiger partial charge in [-0.25, -0.2) is 4.98 Å². The van der Waals surface area contributed by atoms with Gasteiger partial charge in [0.1, 0.15) is 5.82 Å². The van der Waals surface area contributed by atoms with E-state index in [1.807, 2.05) is 38.6 Å². The Morgan fingerprint density at radius 3 is 2.85 bits per heavy atom. The highest BCUT2D eigenvalue weighted by atomic mass is 15.1. The van der Waals surface area contributed by atoms with Crippen molar-refractivity contribution in [2.75, 3.05) is 13.1 Å². The summed E-state index contributed by atoms with van der Waals surface area (Å²) in [5, 5.41) is 0. The second-order valence-corrected chi connectivity index (χ2v) is 7.13. The van der Waals surface area contributed by atoms with E-state index in [1.165, 1.54) is 24.1 Å². The summed E-state index contributed by atoms with van der Waals surface area (Å²) in [4.78, 5) is 16.1. The zero-order valence-electron chi connectivity index (χ0n) is 15.5. The van der Waals surface area contributed by atoms with Crippen LogP contribution in [-0.4, -0.2) is 37.5 Å². The summed E-state index contributed by atoms with van der Waals surface area (Å²) in [6.45, 7) is 5.18. The SMILES string of the molecule is Cc1ncc(-c2cccc(C3CCCN(Cc4cccnc4)C3)n2)n1C. The van der Waals surface area contributed by atoms with Crippen molar-refractivity contribution < 1.29 is 0 Å². The summed E-state index contributed by atoms with van der Waals surface area (Å²) in [6, 6.07) is 10.5. The smallest absolute Gasteiger partial charge is 0.105 e. The molecule has 0 amide bonds. The van der Waals surface area contributed by atoms with E-state index in [0.717, 1.165) is 36.8 Å². The minimum absolute atomic E-state index is 0.481. The molecule has 0 bridgehead atoms. The van der Waals surface area contributed by atoms with Gasteiger partial charge in [0.05, 0.1) is 17.6 Å². The number of hydrogen-bond acceptors (Lipinski definition) is 4. The van der Waals surface area contributed by atoms with Crippen LogP contribution in [-0.2, 0) is 13.6 Å². The van der Waals surface area contributed by atoms with Crippen molar-refractivity contribution in [3.8, 4) is 11.4 Å². The second-order valence-electron chi connectivity index (χ2n) is 7.13. The monoisotopic (exact) mass is 347 g/mol. The highest BCUT2D eigenvalue weighted by molar-refractivity contribution is 5.54. The van der Waals surface area contributed by atoms with Crippen LogP contribution in [0, 0.1) is 6.92 Å². The van der Waals surface area contributed by atoms with Gasteiger partial charge in [-0.1, -0.05) is 12.1 Å². The lowest BCUT2D eigenvalue weighted by Gasteiger charge is -2.32. The standard InChI is InChI=1S/C21H25N5/c1-16-23-13-21(25(16)2)20-9-3-8-19(24-20)18-7-5-11-26(15-18)14-17-6-4-10-22-12-17/h3-4,6,8-10,12-13,18H,5,7,11,14-15H2,1-2H3. The Hall–Kier alpha value is -2.53. The maximum Gasteiger partial charge on any atom is 0.105 e. The van der Waals surface area contributed by atoms with E-state index in [0.29, 0.717) is 5.92 Å². The van der Waals surface area contributed by atoms with E-state index in [1.54, 1.807) is 0 Å². The van der Waals surface area contributed by atoms with E-state index in [-0.39, 0.29) is 0 Å². The van der Waals surface area contributed by atoms with E-state index in [2.05, 4.69) is 43.7 Å². The lowest BCUT2D eigenvalue weighted by Crippen LogP contribution is -2.34. The molecule has 3 aromatic heterocycles.